The van der Waals surface area contributed by atoms with Gasteiger partial charge in [0.2, 0.25) is 5.91 Å². The van der Waals surface area contributed by atoms with Crippen LogP contribution in [0, 0.1) is 11.8 Å². The summed E-state index contributed by atoms with van der Waals surface area (Å²) in [5.41, 5.74) is -0.365. The van der Waals surface area contributed by atoms with Crippen molar-refractivity contribution < 1.29 is 9.53 Å². The standard InChI is InChI=1S/C14H26N2O2/c1-14(2,18-3)7-13(17)16-12-5-4-10-8-15-9-11(10)6-12/h10-12,15H,4-9H2,1-3H3,(H,16,17)/t10-,11+,12?/m0/s1. The van der Waals surface area contributed by atoms with Gasteiger partial charge in [0.1, 0.15) is 0 Å². The van der Waals surface area contributed by atoms with Crippen LogP contribution in [0.3, 0.4) is 0 Å². The highest BCUT2D eigenvalue weighted by Gasteiger charge is 2.34. The number of rotatable bonds is 4. The largest absolute Gasteiger partial charge is 0.378 e. The van der Waals surface area contributed by atoms with E-state index in [0.29, 0.717) is 12.5 Å². The van der Waals surface area contributed by atoms with Crippen molar-refractivity contribution in [3.05, 3.63) is 0 Å². The number of methoxy groups -OCH3 is 1. The summed E-state index contributed by atoms with van der Waals surface area (Å²) >= 11 is 0. The Morgan fingerprint density at radius 3 is 2.78 bits per heavy atom. The van der Waals surface area contributed by atoms with Crippen molar-refractivity contribution in [1.29, 1.82) is 0 Å². The molecule has 0 bridgehead atoms. The lowest BCUT2D eigenvalue weighted by Gasteiger charge is -2.32. The predicted molar refractivity (Wildman–Crippen MR) is 71.3 cm³/mol. The van der Waals surface area contributed by atoms with Crippen molar-refractivity contribution in [2.24, 2.45) is 11.8 Å². The quantitative estimate of drug-likeness (QED) is 0.795. The third-order valence-corrected chi connectivity index (χ3v) is 4.46. The SMILES string of the molecule is COC(C)(C)CC(=O)NC1CC[C@H]2CNC[C@H]2C1. The number of carbonyl (C=O) groups is 1. The molecule has 0 aromatic rings. The maximum absolute atomic E-state index is 12.0. The van der Waals surface area contributed by atoms with E-state index in [-0.39, 0.29) is 11.5 Å². The van der Waals surface area contributed by atoms with E-state index < -0.39 is 0 Å². The molecule has 1 saturated heterocycles. The molecule has 2 N–H and O–H groups in total. The summed E-state index contributed by atoms with van der Waals surface area (Å²) in [5, 5.41) is 6.63. The van der Waals surface area contributed by atoms with Gasteiger partial charge in [0.25, 0.3) is 0 Å². The molecule has 0 aromatic heterocycles. The van der Waals surface area contributed by atoms with E-state index >= 15 is 0 Å². The Morgan fingerprint density at radius 1 is 1.33 bits per heavy atom. The number of ether oxygens (including phenoxy) is 1. The summed E-state index contributed by atoms with van der Waals surface area (Å²) in [6.45, 7) is 6.19. The lowest BCUT2D eigenvalue weighted by Crippen LogP contribution is -2.43. The average Bonchev–Trinajstić information content (AvgIpc) is 2.75. The van der Waals surface area contributed by atoms with Gasteiger partial charge in [-0.25, -0.2) is 0 Å². The second-order valence-corrected chi connectivity index (χ2v) is 6.40. The topological polar surface area (TPSA) is 50.4 Å². The van der Waals surface area contributed by atoms with Crippen molar-refractivity contribution in [2.75, 3.05) is 20.2 Å². The molecule has 1 heterocycles. The van der Waals surface area contributed by atoms with E-state index in [1.807, 2.05) is 13.8 Å². The van der Waals surface area contributed by atoms with E-state index in [0.717, 1.165) is 31.2 Å². The number of carbonyl (C=O) groups excluding carboxylic acids is 1. The Bertz CT molecular complexity index is 304. The number of fused-ring (bicyclic) bond motifs is 1. The number of amides is 1. The van der Waals surface area contributed by atoms with Crippen molar-refractivity contribution in [2.45, 2.75) is 51.2 Å². The molecular weight excluding hydrogens is 228 g/mol. The average molecular weight is 254 g/mol. The molecule has 3 atom stereocenters. The second kappa shape index (κ2) is 5.57. The normalized spacial score (nSPS) is 32.1. The van der Waals surface area contributed by atoms with Crippen LogP contribution in [-0.2, 0) is 9.53 Å². The Balaban J connectivity index is 1.78. The van der Waals surface area contributed by atoms with Gasteiger partial charge in [-0.3, -0.25) is 4.79 Å². The number of hydrogen-bond acceptors (Lipinski definition) is 3. The fourth-order valence-electron chi connectivity index (χ4n) is 3.17. The molecule has 4 heteroatoms. The fraction of sp³-hybridized carbons (Fsp3) is 0.929. The summed E-state index contributed by atoms with van der Waals surface area (Å²) in [6, 6.07) is 0.367. The summed E-state index contributed by atoms with van der Waals surface area (Å²) in [6.07, 6.45) is 3.95. The highest BCUT2D eigenvalue weighted by Crippen LogP contribution is 2.32. The first-order valence-electron chi connectivity index (χ1n) is 7.05. The van der Waals surface area contributed by atoms with Crippen LogP contribution in [0.15, 0.2) is 0 Å². The summed E-state index contributed by atoms with van der Waals surface area (Å²) < 4.78 is 5.30. The molecule has 1 amide bonds. The van der Waals surface area contributed by atoms with Gasteiger partial charge in [0.15, 0.2) is 0 Å². The predicted octanol–water partition coefficient (Wildman–Crippen LogP) is 1.31. The molecule has 1 unspecified atom stereocenters. The molecule has 104 valence electrons. The molecule has 0 spiro atoms. The van der Waals surface area contributed by atoms with Gasteiger partial charge in [0, 0.05) is 13.2 Å². The molecule has 2 aliphatic rings. The maximum Gasteiger partial charge on any atom is 0.223 e. The summed E-state index contributed by atoms with van der Waals surface area (Å²) in [7, 11) is 1.66. The van der Waals surface area contributed by atoms with E-state index in [1.54, 1.807) is 7.11 Å². The Hall–Kier alpha value is -0.610. The zero-order chi connectivity index (χ0) is 13.2. The first-order valence-corrected chi connectivity index (χ1v) is 7.05. The highest BCUT2D eigenvalue weighted by atomic mass is 16.5. The van der Waals surface area contributed by atoms with Crippen LogP contribution in [-0.4, -0.2) is 37.7 Å². The van der Waals surface area contributed by atoms with Crippen LogP contribution >= 0.6 is 0 Å². The first-order chi connectivity index (χ1) is 8.50. The molecule has 0 radical (unpaired) electrons. The van der Waals surface area contributed by atoms with E-state index in [1.165, 1.54) is 13.0 Å². The van der Waals surface area contributed by atoms with Gasteiger partial charge in [-0.2, -0.15) is 0 Å². The number of hydrogen-bond donors (Lipinski definition) is 2. The van der Waals surface area contributed by atoms with Crippen LogP contribution in [0.4, 0.5) is 0 Å². The van der Waals surface area contributed by atoms with Gasteiger partial charge >= 0.3 is 0 Å². The molecular formula is C14H26N2O2. The molecule has 0 aromatic carbocycles. The van der Waals surface area contributed by atoms with Crippen molar-refractivity contribution in [3.63, 3.8) is 0 Å². The first kappa shape index (κ1) is 13.8. The molecule has 18 heavy (non-hydrogen) atoms. The molecule has 1 saturated carbocycles. The minimum Gasteiger partial charge on any atom is -0.378 e. The lowest BCUT2D eigenvalue weighted by molar-refractivity contribution is -0.127. The zero-order valence-electron chi connectivity index (χ0n) is 11.8. The smallest absolute Gasteiger partial charge is 0.223 e. The van der Waals surface area contributed by atoms with E-state index in [2.05, 4.69) is 10.6 Å². The van der Waals surface area contributed by atoms with E-state index in [4.69, 9.17) is 4.74 Å². The Labute approximate surface area is 110 Å². The fourth-order valence-corrected chi connectivity index (χ4v) is 3.17. The highest BCUT2D eigenvalue weighted by molar-refractivity contribution is 5.77. The van der Waals surface area contributed by atoms with Gasteiger partial charge in [-0.1, -0.05) is 0 Å². The Kier molecular flexibility index (Phi) is 4.28. The van der Waals surface area contributed by atoms with Gasteiger partial charge in [-0.15, -0.1) is 0 Å². The van der Waals surface area contributed by atoms with Gasteiger partial charge in [0.05, 0.1) is 12.0 Å². The molecule has 4 nitrogen and oxygen atoms in total. The molecule has 1 aliphatic heterocycles. The van der Waals surface area contributed by atoms with Crippen LogP contribution < -0.4 is 10.6 Å². The van der Waals surface area contributed by atoms with Gasteiger partial charge in [-0.05, 0) is 58.0 Å². The van der Waals surface area contributed by atoms with Crippen LogP contribution in [0.2, 0.25) is 0 Å². The van der Waals surface area contributed by atoms with Crippen LogP contribution in [0.25, 0.3) is 0 Å². The van der Waals surface area contributed by atoms with Gasteiger partial charge < -0.3 is 15.4 Å². The van der Waals surface area contributed by atoms with Crippen LogP contribution in [0.1, 0.15) is 39.5 Å². The zero-order valence-corrected chi connectivity index (χ0v) is 11.8. The number of nitrogens with one attached hydrogen (secondary N) is 2. The molecule has 2 fully saturated rings. The van der Waals surface area contributed by atoms with Crippen molar-refractivity contribution in [3.8, 4) is 0 Å². The monoisotopic (exact) mass is 254 g/mol. The lowest BCUT2D eigenvalue weighted by atomic mass is 9.79. The summed E-state index contributed by atoms with van der Waals surface area (Å²) in [5.74, 6) is 1.73. The molecule has 1 aliphatic carbocycles. The minimum absolute atomic E-state index is 0.122. The van der Waals surface area contributed by atoms with Crippen molar-refractivity contribution in [1.82, 2.24) is 10.6 Å². The third-order valence-electron chi connectivity index (χ3n) is 4.46. The third kappa shape index (κ3) is 3.45. The molecule has 2 rings (SSSR count). The maximum atomic E-state index is 12.0. The van der Waals surface area contributed by atoms with Crippen LogP contribution in [0.5, 0.6) is 0 Å². The Morgan fingerprint density at radius 2 is 2.06 bits per heavy atom. The van der Waals surface area contributed by atoms with E-state index in [9.17, 15) is 4.79 Å². The summed E-state index contributed by atoms with van der Waals surface area (Å²) in [4.78, 5) is 12.0. The second-order valence-electron chi connectivity index (χ2n) is 6.40. The van der Waals surface area contributed by atoms with Crippen molar-refractivity contribution >= 4 is 5.91 Å². The minimum atomic E-state index is -0.365.